The van der Waals surface area contributed by atoms with Crippen molar-refractivity contribution < 1.29 is 4.74 Å². The first-order chi connectivity index (χ1) is 9.67. The van der Waals surface area contributed by atoms with Gasteiger partial charge in [0.05, 0.1) is 30.8 Å². The fraction of sp³-hybridized carbons (Fsp3) is 0.615. The molecule has 0 spiro atoms. The first-order valence-corrected chi connectivity index (χ1v) is 6.87. The molecule has 108 valence electrons. The number of aryl methyl sites for hydroxylation is 1. The zero-order valence-corrected chi connectivity index (χ0v) is 12.1. The predicted molar refractivity (Wildman–Crippen MR) is 76.5 cm³/mol. The number of aromatic nitrogens is 4. The van der Waals surface area contributed by atoms with Gasteiger partial charge in [0, 0.05) is 27.2 Å². The third-order valence-corrected chi connectivity index (χ3v) is 3.57. The highest BCUT2D eigenvalue weighted by Gasteiger charge is 2.19. The maximum absolute atomic E-state index is 5.56. The van der Waals surface area contributed by atoms with Gasteiger partial charge >= 0.3 is 0 Å². The summed E-state index contributed by atoms with van der Waals surface area (Å²) in [6, 6.07) is 0. The highest BCUT2D eigenvalue weighted by Crippen LogP contribution is 2.19. The molecule has 7 heteroatoms. The van der Waals surface area contributed by atoms with Crippen LogP contribution in [0.5, 0.6) is 0 Å². The number of fused-ring (bicyclic) bond motifs is 1. The molecule has 1 saturated heterocycles. The summed E-state index contributed by atoms with van der Waals surface area (Å²) in [6.07, 6.45) is 2.06. The minimum Gasteiger partial charge on any atom is -0.376 e. The minimum absolute atomic E-state index is 0.271. The van der Waals surface area contributed by atoms with E-state index in [1.807, 2.05) is 14.1 Å². The molecule has 0 radical (unpaired) electrons. The molecule has 0 amide bonds. The first kappa shape index (κ1) is 13.3. The SMILES string of the molecule is CNc1nc(CN2CCOC(C)C2)nc2c1cnn2C. The number of nitrogens with zero attached hydrogens (tertiary/aromatic N) is 5. The summed E-state index contributed by atoms with van der Waals surface area (Å²) in [5, 5.41) is 8.32. The maximum atomic E-state index is 5.56. The van der Waals surface area contributed by atoms with Gasteiger partial charge in [0.25, 0.3) is 0 Å². The molecule has 0 bridgehead atoms. The van der Waals surface area contributed by atoms with E-state index in [0.717, 1.165) is 48.9 Å². The third kappa shape index (κ3) is 2.46. The molecule has 0 aliphatic carbocycles. The Balaban J connectivity index is 1.89. The highest BCUT2D eigenvalue weighted by molar-refractivity contribution is 5.86. The van der Waals surface area contributed by atoms with Gasteiger partial charge in [-0.2, -0.15) is 5.10 Å². The summed E-state index contributed by atoms with van der Waals surface area (Å²) in [4.78, 5) is 11.5. The third-order valence-electron chi connectivity index (χ3n) is 3.57. The van der Waals surface area contributed by atoms with Crippen LogP contribution >= 0.6 is 0 Å². The molecule has 0 saturated carbocycles. The van der Waals surface area contributed by atoms with Gasteiger partial charge in [-0.3, -0.25) is 9.58 Å². The Hall–Kier alpha value is -1.73. The predicted octanol–water partition coefficient (Wildman–Crippen LogP) is 0.626. The van der Waals surface area contributed by atoms with E-state index in [-0.39, 0.29) is 6.10 Å². The number of hydrogen-bond donors (Lipinski definition) is 1. The van der Waals surface area contributed by atoms with Crippen molar-refractivity contribution >= 4 is 16.9 Å². The van der Waals surface area contributed by atoms with Gasteiger partial charge in [-0.15, -0.1) is 0 Å². The van der Waals surface area contributed by atoms with Gasteiger partial charge in [0.1, 0.15) is 11.6 Å². The van der Waals surface area contributed by atoms with Crippen LogP contribution in [0.3, 0.4) is 0 Å². The van der Waals surface area contributed by atoms with Gasteiger partial charge in [0.15, 0.2) is 5.65 Å². The molecular formula is C13H20N6O. The van der Waals surface area contributed by atoms with E-state index < -0.39 is 0 Å². The van der Waals surface area contributed by atoms with Gasteiger partial charge < -0.3 is 10.1 Å². The van der Waals surface area contributed by atoms with Crippen molar-refractivity contribution in [1.29, 1.82) is 0 Å². The van der Waals surface area contributed by atoms with Crippen molar-refractivity contribution in [3.63, 3.8) is 0 Å². The second-order valence-corrected chi connectivity index (χ2v) is 5.16. The number of ether oxygens (including phenoxy) is 1. The summed E-state index contributed by atoms with van der Waals surface area (Å²) < 4.78 is 7.34. The molecule has 1 atom stereocenters. The van der Waals surface area contributed by atoms with E-state index in [0.29, 0.717) is 0 Å². The summed E-state index contributed by atoms with van der Waals surface area (Å²) in [5.74, 6) is 1.65. The van der Waals surface area contributed by atoms with Crippen molar-refractivity contribution in [3.8, 4) is 0 Å². The lowest BCUT2D eigenvalue weighted by Crippen LogP contribution is -2.40. The van der Waals surface area contributed by atoms with Crippen LogP contribution in [-0.2, 0) is 18.3 Å². The molecule has 20 heavy (non-hydrogen) atoms. The lowest BCUT2D eigenvalue weighted by Gasteiger charge is -2.30. The molecular weight excluding hydrogens is 256 g/mol. The van der Waals surface area contributed by atoms with Gasteiger partial charge in [0.2, 0.25) is 0 Å². The van der Waals surface area contributed by atoms with E-state index in [1.54, 1.807) is 10.9 Å². The van der Waals surface area contributed by atoms with Crippen molar-refractivity contribution in [2.45, 2.75) is 19.6 Å². The van der Waals surface area contributed by atoms with E-state index in [4.69, 9.17) is 4.74 Å². The molecule has 1 N–H and O–H groups in total. The molecule has 2 aromatic heterocycles. The fourth-order valence-electron chi connectivity index (χ4n) is 2.56. The van der Waals surface area contributed by atoms with E-state index >= 15 is 0 Å². The standard InChI is InChI=1S/C13H20N6O/c1-9-7-19(4-5-20-9)8-11-16-12(14-2)10-6-15-18(3)13(10)17-11/h6,9H,4-5,7-8H2,1-3H3,(H,14,16,17). The first-order valence-electron chi connectivity index (χ1n) is 6.87. The Morgan fingerprint density at radius 3 is 3.05 bits per heavy atom. The molecule has 0 aromatic carbocycles. The summed E-state index contributed by atoms with van der Waals surface area (Å²) in [7, 11) is 3.77. The van der Waals surface area contributed by atoms with Crippen LogP contribution in [0.1, 0.15) is 12.7 Å². The number of morpholine rings is 1. The zero-order chi connectivity index (χ0) is 14.1. The lowest BCUT2D eigenvalue weighted by molar-refractivity contribution is -0.0219. The van der Waals surface area contributed by atoms with Crippen LogP contribution in [-0.4, -0.2) is 57.5 Å². The highest BCUT2D eigenvalue weighted by atomic mass is 16.5. The van der Waals surface area contributed by atoms with Crippen molar-refractivity contribution in [3.05, 3.63) is 12.0 Å². The van der Waals surface area contributed by atoms with Crippen molar-refractivity contribution in [2.75, 3.05) is 32.1 Å². The minimum atomic E-state index is 0.271. The number of nitrogens with one attached hydrogen (secondary N) is 1. The Kier molecular flexibility index (Phi) is 3.54. The molecule has 1 aliphatic heterocycles. The van der Waals surface area contributed by atoms with Gasteiger partial charge in [-0.05, 0) is 6.92 Å². The second kappa shape index (κ2) is 5.34. The molecule has 1 fully saturated rings. The lowest BCUT2D eigenvalue weighted by atomic mass is 10.3. The van der Waals surface area contributed by atoms with Crippen LogP contribution in [0, 0.1) is 0 Å². The second-order valence-electron chi connectivity index (χ2n) is 5.16. The average molecular weight is 276 g/mol. The van der Waals surface area contributed by atoms with Crippen LogP contribution in [0.25, 0.3) is 11.0 Å². The topological polar surface area (TPSA) is 68.1 Å². The van der Waals surface area contributed by atoms with Crippen LogP contribution < -0.4 is 5.32 Å². The van der Waals surface area contributed by atoms with Crippen LogP contribution in [0.2, 0.25) is 0 Å². The Bertz CT molecular complexity index is 610. The maximum Gasteiger partial charge on any atom is 0.163 e. The van der Waals surface area contributed by atoms with Crippen LogP contribution in [0.4, 0.5) is 5.82 Å². The zero-order valence-electron chi connectivity index (χ0n) is 12.1. The normalized spacial score (nSPS) is 20.4. The largest absolute Gasteiger partial charge is 0.376 e. The Morgan fingerprint density at radius 1 is 1.45 bits per heavy atom. The average Bonchev–Trinajstić information content (AvgIpc) is 2.80. The van der Waals surface area contributed by atoms with E-state index in [9.17, 15) is 0 Å². The Morgan fingerprint density at radius 2 is 2.30 bits per heavy atom. The quantitative estimate of drug-likeness (QED) is 0.886. The number of hydrogen-bond acceptors (Lipinski definition) is 6. The van der Waals surface area contributed by atoms with E-state index in [1.165, 1.54) is 0 Å². The van der Waals surface area contributed by atoms with Crippen LogP contribution in [0.15, 0.2) is 6.20 Å². The monoisotopic (exact) mass is 276 g/mol. The van der Waals surface area contributed by atoms with Gasteiger partial charge in [-0.1, -0.05) is 0 Å². The summed E-state index contributed by atoms with van der Waals surface area (Å²) in [6.45, 7) is 5.45. The smallest absolute Gasteiger partial charge is 0.163 e. The fourth-order valence-corrected chi connectivity index (χ4v) is 2.56. The van der Waals surface area contributed by atoms with E-state index in [2.05, 4.69) is 32.2 Å². The van der Waals surface area contributed by atoms with Gasteiger partial charge in [-0.25, -0.2) is 9.97 Å². The summed E-state index contributed by atoms with van der Waals surface area (Å²) >= 11 is 0. The number of anilines is 1. The molecule has 7 nitrogen and oxygen atoms in total. The van der Waals surface area contributed by atoms with Crippen molar-refractivity contribution in [2.24, 2.45) is 7.05 Å². The summed E-state index contributed by atoms with van der Waals surface area (Å²) in [5.41, 5.74) is 0.862. The number of rotatable bonds is 3. The molecule has 1 unspecified atom stereocenters. The van der Waals surface area contributed by atoms with Crippen molar-refractivity contribution in [1.82, 2.24) is 24.6 Å². The Labute approximate surface area is 117 Å². The molecule has 3 rings (SSSR count). The molecule has 3 heterocycles. The molecule has 1 aliphatic rings. The molecule has 2 aromatic rings.